The van der Waals surface area contributed by atoms with Crippen LogP contribution in [0.15, 0.2) is 58.1 Å². The van der Waals surface area contributed by atoms with E-state index >= 15 is 0 Å². The lowest BCUT2D eigenvalue weighted by Gasteiger charge is -2.06. The van der Waals surface area contributed by atoms with Gasteiger partial charge in [-0.1, -0.05) is 22.5 Å². The van der Waals surface area contributed by atoms with Crippen LogP contribution in [0.5, 0.6) is 0 Å². The normalized spacial score (nSPS) is 11.2. The van der Waals surface area contributed by atoms with E-state index in [4.69, 9.17) is 4.52 Å². The van der Waals surface area contributed by atoms with E-state index in [0.29, 0.717) is 43.5 Å². The Labute approximate surface area is 180 Å². The predicted molar refractivity (Wildman–Crippen MR) is 114 cm³/mol. The van der Waals surface area contributed by atoms with E-state index in [1.807, 2.05) is 45.7 Å². The minimum Gasteiger partial charge on any atom is -0.354 e. The van der Waals surface area contributed by atoms with Crippen molar-refractivity contribution in [2.24, 2.45) is 0 Å². The molecular formula is C20H18N8O2S. The smallest absolute Gasteiger partial charge is 0.280 e. The largest absolute Gasteiger partial charge is 0.354 e. The van der Waals surface area contributed by atoms with Crippen LogP contribution in [0.4, 0.5) is 0 Å². The van der Waals surface area contributed by atoms with E-state index < -0.39 is 0 Å². The van der Waals surface area contributed by atoms with E-state index in [9.17, 15) is 4.79 Å². The number of imidazole rings is 1. The van der Waals surface area contributed by atoms with E-state index in [1.165, 1.54) is 0 Å². The van der Waals surface area contributed by atoms with Crippen molar-refractivity contribution in [1.29, 1.82) is 0 Å². The number of aryl methyl sites for hydroxylation is 1. The SMILES string of the molecule is O=C(CCn1cnc2ccccc21)NCCn1cc(-c2nc(-c3ccsc3)no2)nn1. The molecule has 31 heavy (non-hydrogen) atoms. The molecule has 0 bridgehead atoms. The summed E-state index contributed by atoms with van der Waals surface area (Å²) in [6, 6.07) is 9.78. The molecule has 10 nitrogen and oxygen atoms in total. The van der Waals surface area contributed by atoms with Crippen molar-refractivity contribution in [2.45, 2.75) is 19.5 Å². The van der Waals surface area contributed by atoms with Gasteiger partial charge in [-0.15, -0.1) is 5.10 Å². The van der Waals surface area contributed by atoms with Crippen molar-refractivity contribution < 1.29 is 9.32 Å². The number of benzene rings is 1. The number of aromatic nitrogens is 7. The topological polar surface area (TPSA) is 117 Å². The number of hydrogen-bond acceptors (Lipinski definition) is 8. The number of carbonyl (C=O) groups is 1. The summed E-state index contributed by atoms with van der Waals surface area (Å²) in [5.74, 6) is 0.795. The number of rotatable bonds is 8. The number of nitrogens with one attached hydrogen (secondary N) is 1. The molecule has 0 aliphatic heterocycles. The molecule has 0 aliphatic rings. The number of amides is 1. The predicted octanol–water partition coefficient (Wildman–Crippen LogP) is 2.61. The third kappa shape index (κ3) is 4.21. The molecule has 0 spiro atoms. The van der Waals surface area contributed by atoms with Crippen LogP contribution < -0.4 is 5.32 Å². The van der Waals surface area contributed by atoms with Crippen molar-refractivity contribution in [2.75, 3.05) is 6.54 Å². The van der Waals surface area contributed by atoms with Gasteiger partial charge in [0.15, 0.2) is 5.69 Å². The molecule has 4 aromatic heterocycles. The van der Waals surface area contributed by atoms with E-state index in [1.54, 1.807) is 28.5 Å². The Hall–Kier alpha value is -3.86. The second kappa shape index (κ2) is 8.48. The summed E-state index contributed by atoms with van der Waals surface area (Å²) < 4.78 is 8.89. The van der Waals surface area contributed by atoms with Gasteiger partial charge in [-0.05, 0) is 23.6 Å². The summed E-state index contributed by atoms with van der Waals surface area (Å²) >= 11 is 1.57. The molecule has 5 aromatic rings. The summed E-state index contributed by atoms with van der Waals surface area (Å²) in [6.07, 6.45) is 3.85. The summed E-state index contributed by atoms with van der Waals surface area (Å²) in [6.45, 7) is 1.50. The van der Waals surface area contributed by atoms with E-state index in [-0.39, 0.29) is 5.91 Å². The van der Waals surface area contributed by atoms with Gasteiger partial charge in [0.25, 0.3) is 5.89 Å². The van der Waals surface area contributed by atoms with Crippen LogP contribution in [0.25, 0.3) is 34.0 Å². The molecule has 0 unspecified atom stereocenters. The third-order valence-electron chi connectivity index (χ3n) is 4.73. The molecule has 1 amide bonds. The van der Waals surface area contributed by atoms with Crippen LogP contribution in [-0.4, -0.2) is 47.1 Å². The minimum absolute atomic E-state index is 0.0320. The van der Waals surface area contributed by atoms with Gasteiger partial charge in [-0.25, -0.2) is 9.67 Å². The first kappa shape index (κ1) is 19.1. The van der Waals surface area contributed by atoms with Crippen LogP contribution in [0.1, 0.15) is 6.42 Å². The Morgan fingerprint density at radius 2 is 2.13 bits per heavy atom. The van der Waals surface area contributed by atoms with E-state index in [0.717, 1.165) is 16.6 Å². The fourth-order valence-electron chi connectivity index (χ4n) is 3.15. The maximum atomic E-state index is 12.2. The molecule has 0 radical (unpaired) electrons. The standard InChI is InChI=1S/C20H18N8O2S/c29-18(5-8-27-13-22-15-3-1-2-4-17(15)27)21-7-9-28-11-16(24-26-28)20-23-19(25-30-20)14-6-10-31-12-14/h1-4,6,10-13H,5,7-9H2,(H,21,29). The summed E-state index contributed by atoms with van der Waals surface area (Å²) in [5, 5.41) is 18.9. The Bertz CT molecular complexity index is 1300. The lowest BCUT2D eigenvalue weighted by molar-refractivity contribution is -0.121. The van der Waals surface area contributed by atoms with Gasteiger partial charge >= 0.3 is 0 Å². The lowest BCUT2D eigenvalue weighted by Crippen LogP contribution is -2.28. The third-order valence-corrected chi connectivity index (χ3v) is 5.42. The second-order valence-electron chi connectivity index (χ2n) is 6.83. The Morgan fingerprint density at radius 3 is 3.03 bits per heavy atom. The van der Waals surface area contributed by atoms with Crippen LogP contribution in [0, 0.1) is 0 Å². The van der Waals surface area contributed by atoms with Crippen LogP contribution >= 0.6 is 11.3 Å². The maximum Gasteiger partial charge on any atom is 0.280 e. The molecule has 11 heteroatoms. The zero-order valence-electron chi connectivity index (χ0n) is 16.4. The highest BCUT2D eigenvalue weighted by Crippen LogP contribution is 2.22. The van der Waals surface area contributed by atoms with Crippen LogP contribution in [-0.2, 0) is 17.9 Å². The number of nitrogens with zero attached hydrogens (tertiary/aromatic N) is 7. The molecule has 0 fully saturated rings. The van der Waals surface area contributed by atoms with Crippen LogP contribution in [0.3, 0.4) is 0 Å². The number of thiophene rings is 1. The number of hydrogen-bond donors (Lipinski definition) is 1. The zero-order chi connectivity index (χ0) is 21.0. The Balaban J connectivity index is 1.11. The average molecular weight is 434 g/mol. The van der Waals surface area contributed by atoms with Gasteiger partial charge in [0, 0.05) is 30.5 Å². The first-order valence-corrected chi connectivity index (χ1v) is 10.6. The van der Waals surface area contributed by atoms with Gasteiger partial charge in [-0.3, -0.25) is 4.79 Å². The Morgan fingerprint density at radius 1 is 1.19 bits per heavy atom. The minimum atomic E-state index is -0.0320. The molecule has 5 rings (SSSR count). The fraction of sp³-hybridized carbons (Fsp3) is 0.200. The highest BCUT2D eigenvalue weighted by molar-refractivity contribution is 7.08. The Kier molecular flexibility index (Phi) is 5.23. The molecule has 0 aliphatic carbocycles. The number of para-hydroxylation sites is 2. The van der Waals surface area contributed by atoms with Gasteiger partial charge in [0.2, 0.25) is 11.7 Å². The number of fused-ring (bicyclic) bond motifs is 1. The van der Waals surface area contributed by atoms with E-state index in [2.05, 4.69) is 30.8 Å². The second-order valence-corrected chi connectivity index (χ2v) is 7.61. The average Bonchev–Trinajstić information content (AvgIpc) is 3.58. The molecule has 0 atom stereocenters. The molecule has 1 aromatic carbocycles. The number of carbonyl (C=O) groups excluding carboxylic acids is 1. The molecular weight excluding hydrogens is 416 g/mol. The van der Waals surface area contributed by atoms with Gasteiger partial charge in [0.05, 0.1) is 30.1 Å². The summed E-state index contributed by atoms with van der Waals surface area (Å²) in [7, 11) is 0. The molecule has 156 valence electrons. The van der Waals surface area contributed by atoms with Crippen molar-refractivity contribution in [3.63, 3.8) is 0 Å². The highest BCUT2D eigenvalue weighted by Gasteiger charge is 2.14. The van der Waals surface area contributed by atoms with Gasteiger partial charge in [-0.2, -0.15) is 16.3 Å². The van der Waals surface area contributed by atoms with Crippen molar-refractivity contribution >= 4 is 28.3 Å². The summed E-state index contributed by atoms with van der Waals surface area (Å²) in [5.41, 5.74) is 3.34. The molecule has 0 saturated heterocycles. The van der Waals surface area contributed by atoms with Gasteiger partial charge in [0.1, 0.15) is 0 Å². The summed E-state index contributed by atoms with van der Waals surface area (Å²) in [4.78, 5) is 20.9. The molecule has 1 N–H and O–H groups in total. The first-order valence-electron chi connectivity index (χ1n) is 9.69. The molecule has 4 heterocycles. The first-order chi connectivity index (χ1) is 15.3. The zero-order valence-corrected chi connectivity index (χ0v) is 17.2. The van der Waals surface area contributed by atoms with Crippen LogP contribution in [0.2, 0.25) is 0 Å². The fourth-order valence-corrected chi connectivity index (χ4v) is 3.79. The highest BCUT2D eigenvalue weighted by atomic mass is 32.1. The monoisotopic (exact) mass is 434 g/mol. The quantitative estimate of drug-likeness (QED) is 0.399. The lowest BCUT2D eigenvalue weighted by atomic mass is 10.3. The van der Waals surface area contributed by atoms with Crippen molar-refractivity contribution in [1.82, 2.24) is 40.0 Å². The van der Waals surface area contributed by atoms with Crippen molar-refractivity contribution in [3.8, 4) is 23.0 Å². The van der Waals surface area contributed by atoms with Crippen molar-refractivity contribution in [3.05, 3.63) is 53.6 Å². The maximum absolute atomic E-state index is 12.2. The molecule has 0 saturated carbocycles. The van der Waals surface area contributed by atoms with Gasteiger partial charge < -0.3 is 14.4 Å².